The predicted octanol–water partition coefficient (Wildman–Crippen LogP) is -2.64. The van der Waals surface area contributed by atoms with E-state index in [9.17, 15) is 0 Å². The Balaban J connectivity index is -0.0000000200. The molecule has 3 heteroatoms. The Morgan fingerprint density at radius 3 is 1.60 bits per heavy atom. The van der Waals surface area contributed by atoms with Crippen molar-refractivity contribution in [2.24, 2.45) is 0 Å². The van der Waals surface area contributed by atoms with Gasteiger partial charge in [-0.2, -0.15) is 5.26 Å². The van der Waals surface area contributed by atoms with Gasteiger partial charge in [-0.25, -0.2) is 0 Å². The van der Waals surface area contributed by atoms with Gasteiger partial charge < -0.3 is 5.48 Å². The average Bonchev–Trinajstić information content (AvgIpc) is 0.918. The number of hydrogen-bond acceptors (Lipinski definition) is 2. The van der Waals surface area contributed by atoms with Crippen molar-refractivity contribution in [3.05, 3.63) is 0 Å². The molecule has 0 saturated heterocycles. The molecule has 0 amide bonds. The van der Waals surface area contributed by atoms with Crippen LogP contribution in [0.2, 0.25) is 0 Å². The monoisotopic (exact) mass is 97.0 g/mol. The summed E-state index contributed by atoms with van der Waals surface area (Å²) < 4.78 is 0. The normalized spacial score (nSPS) is 1.60. The Labute approximate surface area is 73.9 Å². The van der Waals surface area contributed by atoms with E-state index in [1.54, 1.807) is 6.07 Å². The zero-order valence-electron chi connectivity index (χ0n) is 3.39. The summed E-state index contributed by atoms with van der Waals surface area (Å²) in [7, 11) is 0. The second-order valence-electron chi connectivity index (χ2n) is 0.224. The quantitative estimate of drug-likeness (QED) is 0.310. The molecule has 0 fully saturated rings. The Bertz CT molecular complexity index is 31.1. The van der Waals surface area contributed by atoms with E-state index in [1.165, 1.54) is 6.92 Å². The van der Waals surface area contributed by atoms with E-state index in [2.05, 4.69) is 0 Å². The summed E-state index contributed by atoms with van der Waals surface area (Å²) in [5.41, 5.74) is 0. The molecule has 0 aromatic rings. The summed E-state index contributed by atoms with van der Waals surface area (Å²) in [5, 5.41) is 7.32. The van der Waals surface area contributed by atoms with E-state index in [4.69, 9.17) is 5.26 Å². The van der Waals surface area contributed by atoms with E-state index < -0.39 is 0 Å². The van der Waals surface area contributed by atoms with Gasteiger partial charge in [0, 0.05) is 6.92 Å². The van der Waals surface area contributed by atoms with Crippen molar-refractivity contribution < 1.29 is 56.9 Å². The smallest absolute Gasteiger partial charge is 0.870 e. The van der Waals surface area contributed by atoms with Gasteiger partial charge in [-0.1, -0.05) is 0 Å². The third-order valence-electron chi connectivity index (χ3n) is 0. The maximum Gasteiger partial charge on any atom is 1.00 e. The van der Waals surface area contributed by atoms with Gasteiger partial charge in [0.1, 0.15) is 0 Å². The van der Waals surface area contributed by atoms with Gasteiger partial charge in [0.2, 0.25) is 0 Å². The SMILES string of the molecule is CC#N.[K+].[OH-]. The molecule has 0 aliphatic carbocycles. The molecule has 0 saturated carbocycles. The topological polar surface area (TPSA) is 53.8 Å². The van der Waals surface area contributed by atoms with Gasteiger partial charge in [-0.05, 0) is 0 Å². The van der Waals surface area contributed by atoms with Gasteiger partial charge in [0.25, 0.3) is 0 Å². The first-order valence-electron chi connectivity index (χ1n) is 0.724. The third-order valence-corrected chi connectivity index (χ3v) is 0. The molecule has 0 aliphatic rings. The molecule has 0 aromatic carbocycles. The van der Waals surface area contributed by atoms with E-state index in [0.717, 1.165) is 0 Å². The fourth-order valence-electron chi connectivity index (χ4n) is 0. The van der Waals surface area contributed by atoms with Crippen LogP contribution in [0.3, 0.4) is 0 Å². The minimum Gasteiger partial charge on any atom is -0.870 e. The van der Waals surface area contributed by atoms with Gasteiger partial charge >= 0.3 is 51.4 Å². The largest absolute Gasteiger partial charge is 1.00 e. The molecule has 5 heavy (non-hydrogen) atoms. The maximum atomic E-state index is 7.32. The zero-order valence-corrected chi connectivity index (χ0v) is 6.52. The standard InChI is InChI=1S/C2H3N.K.H2O/c1-2-3;;/h1H3;;1H2/q;+1;/p-1. The number of hydrogen-bond donors (Lipinski definition) is 0. The van der Waals surface area contributed by atoms with E-state index in [1.807, 2.05) is 0 Å². The first-order chi connectivity index (χ1) is 1.41. The molecule has 0 radical (unpaired) electrons. The third kappa shape index (κ3) is 41.1. The van der Waals surface area contributed by atoms with E-state index in [-0.39, 0.29) is 56.9 Å². The number of nitriles is 1. The van der Waals surface area contributed by atoms with Crippen LogP contribution in [0.5, 0.6) is 0 Å². The molecule has 0 heterocycles. The van der Waals surface area contributed by atoms with Crippen molar-refractivity contribution in [1.29, 1.82) is 5.26 Å². The molecular formula is C2H4KNO. The molecule has 24 valence electrons. The van der Waals surface area contributed by atoms with Crippen molar-refractivity contribution in [2.45, 2.75) is 6.92 Å². The van der Waals surface area contributed by atoms with Crippen LogP contribution in [0.15, 0.2) is 0 Å². The molecule has 0 aliphatic heterocycles. The van der Waals surface area contributed by atoms with Crippen molar-refractivity contribution in [1.82, 2.24) is 0 Å². The fourth-order valence-corrected chi connectivity index (χ4v) is 0. The van der Waals surface area contributed by atoms with Crippen LogP contribution in [0.25, 0.3) is 0 Å². The molecule has 0 bridgehead atoms. The van der Waals surface area contributed by atoms with Crippen molar-refractivity contribution in [3.63, 3.8) is 0 Å². The Hall–Kier alpha value is 1.09. The fraction of sp³-hybridized carbons (Fsp3) is 0.500. The van der Waals surface area contributed by atoms with E-state index >= 15 is 0 Å². The average molecular weight is 97.2 g/mol. The second-order valence-corrected chi connectivity index (χ2v) is 0.224. The minimum absolute atomic E-state index is 0. The number of nitrogens with zero attached hydrogens (tertiary/aromatic N) is 1. The molecule has 0 spiro atoms. The van der Waals surface area contributed by atoms with E-state index in [0.29, 0.717) is 0 Å². The predicted molar refractivity (Wildman–Crippen MR) is 13.2 cm³/mol. The maximum absolute atomic E-state index is 7.32. The van der Waals surface area contributed by atoms with Gasteiger partial charge in [-0.3, -0.25) is 0 Å². The van der Waals surface area contributed by atoms with Gasteiger partial charge in [0.05, 0.1) is 6.07 Å². The van der Waals surface area contributed by atoms with Crippen LogP contribution in [-0.2, 0) is 0 Å². The summed E-state index contributed by atoms with van der Waals surface area (Å²) in [6, 6.07) is 1.75. The van der Waals surface area contributed by atoms with Crippen molar-refractivity contribution >= 4 is 0 Å². The van der Waals surface area contributed by atoms with Crippen molar-refractivity contribution in [3.8, 4) is 6.07 Å². The zero-order chi connectivity index (χ0) is 2.71. The second kappa shape index (κ2) is 19.5. The Kier molecular flexibility index (Phi) is 64.5. The summed E-state index contributed by atoms with van der Waals surface area (Å²) in [6.45, 7) is 1.43. The first-order valence-corrected chi connectivity index (χ1v) is 0.724. The molecule has 1 N–H and O–H groups in total. The van der Waals surface area contributed by atoms with Crippen LogP contribution in [0.1, 0.15) is 6.92 Å². The molecule has 0 aromatic heterocycles. The van der Waals surface area contributed by atoms with Crippen LogP contribution in [-0.4, -0.2) is 5.48 Å². The first kappa shape index (κ1) is 16.5. The van der Waals surface area contributed by atoms with Crippen LogP contribution >= 0.6 is 0 Å². The summed E-state index contributed by atoms with van der Waals surface area (Å²) >= 11 is 0. The van der Waals surface area contributed by atoms with Crippen LogP contribution < -0.4 is 51.4 Å². The molecule has 2 nitrogen and oxygen atoms in total. The Morgan fingerprint density at radius 1 is 1.60 bits per heavy atom. The minimum atomic E-state index is 0. The summed E-state index contributed by atoms with van der Waals surface area (Å²) in [4.78, 5) is 0. The molecule has 0 atom stereocenters. The summed E-state index contributed by atoms with van der Waals surface area (Å²) in [6.07, 6.45) is 0. The number of rotatable bonds is 0. The van der Waals surface area contributed by atoms with Crippen LogP contribution in [0.4, 0.5) is 0 Å². The Morgan fingerprint density at radius 2 is 1.60 bits per heavy atom. The molecule has 0 rings (SSSR count). The van der Waals surface area contributed by atoms with Crippen molar-refractivity contribution in [2.75, 3.05) is 0 Å². The van der Waals surface area contributed by atoms with Crippen LogP contribution in [0, 0.1) is 11.3 Å². The molecule has 0 unspecified atom stereocenters. The summed E-state index contributed by atoms with van der Waals surface area (Å²) in [5.74, 6) is 0. The van der Waals surface area contributed by atoms with Gasteiger partial charge in [0.15, 0.2) is 0 Å². The molecular weight excluding hydrogens is 93.1 g/mol. The van der Waals surface area contributed by atoms with Gasteiger partial charge in [-0.15, -0.1) is 0 Å².